The Labute approximate surface area is 176 Å². The molecule has 0 unspecified atom stereocenters. The molecular formula is C17H15N5O5S3. The van der Waals surface area contributed by atoms with Gasteiger partial charge in [0, 0.05) is 11.3 Å². The van der Waals surface area contributed by atoms with Crippen LogP contribution in [0.2, 0.25) is 0 Å². The molecule has 0 saturated carbocycles. The van der Waals surface area contributed by atoms with Crippen molar-refractivity contribution < 1.29 is 21.4 Å². The van der Waals surface area contributed by atoms with Crippen molar-refractivity contribution in [2.45, 2.75) is 23.6 Å². The van der Waals surface area contributed by atoms with Crippen LogP contribution in [0.3, 0.4) is 0 Å². The molecule has 0 fully saturated rings. The zero-order valence-electron chi connectivity index (χ0n) is 15.6. The summed E-state index contributed by atoms with van der Waals surface area (Å²) in [5.74, 6) is 0.0299. The summed E-state index contributed by atoms with van der Waals surface area (Å²) in [4.78, 5) is -0.0759. The summed E-state index contributed by atoms with van der Waals surface area (Å²) in [5.41, 5.74) is 2.10. The first-order chi connectivity index (χ1) is 14.2. The van der Waals surface area contributed by atoms with E-state index in [1.54, 1.807) is 26.0 Å². The molecule has 4 aromatic rings. The molecule has 0 atom stereocenters. The van der Waals surface area contributed by atoms with Crippen molar-refractivity contribution in [3.8, 4) is 0 Å². The van der Waals surface area contributed by atoms with Gasteiger partial charge in [0.15, 0.2) is 0 Å². The van der Waals surface area contributed by atoms with E-state index in [9.17, 15) is 16.8 Å². The monoisotopic (exact) mass is 465 g/mol. The van der Waals surface area contributed by atoms with Crippen LogP contribution in [-0.4, -0.2) is 30.7 Å². The maximum absolute atomic E-state index is 12.8. The lowest BCUT2D eigenvalue weighted by molar-refractivity contribution is 0.430. The van der Waals surface area contributed by atoms with Gasteiger partial charge in [-0.2, -0.15) is 8.75 Å². The quantitative estimate of drug-likeness (QED) is 0.442. The second-order valence-electron chi connectivity index (χ2n) is 6.35. The number of rotatable bonds is 6. The fourth-order valence-electron chi connectivity index (χ4n) is 2.60. The third-order valence-electron chi connectivity index (χ3n) is 4.34. The SMILES string of the molecule is Cc1noc(NS(=O)(=O)c2ccc(NS(=O)(=O)c3cccc4nsnc34)cc2)c1C. The summed E-state index contributed by atoms with van der Waals surface area (Å²) in [6, 6.07) is 9.94. The summed E-state index contributed by atoms with van der Waals surface area (Å²) in [6.45, 7) is 3.37. The van der Waals surface area contributed by atoms with Crippen molar-refractivity contribution in [1.82, 2.24) is 13.9 Å². The highest BCUT2D eigenvalue weighted by atomic mass is 32.2. The summed E-state index contributed by atoms with van der Waals surface area (Å²) in [6.07, 6.45) is 0. The fourth-order valence-corrected chi connectivity index (χ4v) is 5.47. The van der Waals surface area contributed by atoms with E-state index < -0.39 is 20.0 Å². The molecule has 0 aliphatic heterocycles. The number of hydrogen-bond donors (Lipinski definition) is 2. The number of anilines is 2. The van der Waals surface area contributed by atoms with Gasteiger partial charge in [-0.15, -0.1) is 0 Å². The van der Waals surface area contributed by atoms with E-state index in [1.807, 2.05) is 0 Å². The van der Waals surface area contributed by atoms with Crippen LogP contribution in [0.15, 0.2) is 56.8 Å². The zero-order chi connectivity index (χ0) is 21.5. The fraction of sp³-hybridized carbons (Fsp3) is 0.118. The van der Waals surface area contributed by atoms with Gasteiger partial charge >= 0.3 is 0 Å². The van der Waals surface area contributed by atoms with E-state index in [0.29, 0.717) is 16.8 Å². The molecule has 0 aliphatic rings. The van der Waals surface area contributed by atoms with E-state index in [1.165, 1.54) is 30.3 Å². The van der Waals surface area contributed by atoms with Gasteiger partial charge in [-0.1, -0.05) is 11.2 Å². The van der Waals surface area contributed by atoms with Gasteiger partial charge in [0.05, 0.1) is 22.3 Å². The summed E-state index contributed by atoms with van der Waals surface area (Å²) >= 11 is 0.919. The van der Waals surface area contributed by atoms with Crippen molar-refractivity contribution in [2.24, 2.45) is 0 Å². The Hall–Kier alpha value is -3.03. The number of benzene rings is 2. The number of nitrogens with one attached hydrogen (secondary N) is 2. The van der Waals surface area contributed by atoms with Gasteiger partial charge in [-0.05, 0) is 50.2 Å². The topological polar surface area (TPSA) is 144 Å². The first-order valence-corrected chi connectivity index (χ1v) is 12.2. The van der Waals surface area contributed by atoms with Crippen LogP contribution >= 0.6 is 11.7 Å². The number of sulfonamides is 2. The second-order valence-corrected chi connectivity index (χ2v) is 10.2. The van der Waals surface area contributed by atoms with Crippen LogP contribution in [-0.2, 0) is 20.0 Å². The van der Waals surface area contributed by atoms with Crippen LogP contribution in [0.5, 0.6) is 0 Å². The summed E-state index contributed by atoms with van der Waals surface area (Å²) < 4.78 is 68.4. The van der Waals surface area contributed by atoms with E-state index in [-0.39, 0.29) is 26.9 Å². The number of aryl methyl sites for hydroxylation is 1. The standard InChI is InChI=1S/C17H15N5O5S3/c1-10-11(2)18-27-17(10)22-29(23,24)13-8-6-12(7-9-13)21-30(25,26)15-5-3-4-14-16(15)20-28-19-14/h3-9,21-22H,1-2H3. The molecule has 0 spiro atoms. The van der Waals surface area contributed by atoms with Crippen LogP contribution < -0.4 is 9.44 Å². The van der Waals surface area contributed by atoms with E-state index in [0.717, 1.165) is 11.7 Å². The molecule has 2 heterocycles. The molecule has 0 aliphatic carbocycles. The van der Waals surface area contributed by atoms with Crippen LogP contribution in [0.25, 0.3) is 11.0 Å². The Balaban J connectivity index is 1.57. The molecule has 156 valence electrons. The second kappa shape index (κ2) is 7.34. The Kier molecular flexibility index (Phi) is 4.95. The van der Waals surface area contributed by atoms with Crippen LogP contribution in [0, 0.1) is 13.8 Å². The van der Waals surface area contributed by atoms with Crippen molar-refractivity contribution in [1.29, 1.82) is 0 Å². The Morgan fingerprint density at radius 3 is 2.30 bits per heavy atom. The van der Waals surface area contributed by atoms with Crippen molar-refractivity contribution in [2.75, 3.05) is 9.44 Å². The minimum atomic E-state index is -3.94. The summed E-state index contributed by atoms with van der Waals surface area (Å²) in [7, 11) is -7.88. The van der Waals surface area contributed by atoms with Gasteiger partial charge in [0.2, 0.25) is 5.88 Å². The average molecular weight is 466 g/mol. The molecule has 2 aromatic heterocycles. The maximum atomic E-state index is 12.8. The minimum absolute atomic E-state index is 0.0109. The number of aromatic nitrogens is 3. The molecule has 30 heavy (non-hydrogen) atoms. The number of hydrogen-bond acceptors (Lipinski definition) is 9. The largest absolute Gasteiger partial charge is 0.337 e. The van der Waals surface area contributed by atoms with E-state index in [4.69, 9.17) is 4.52 Å². The highest BCUT2D eigenvalue weighted by Gasteiger charge is 2.22. The van der Waals surface area contributed by atoms with E-state index in [2.05, 4.69) is 23.3 Å². The number of fused-ring (bicyclic) bond motifs is 1. The molecule has 2 aromatic carbocycles. The molecule has 0 amide bonds. The molecule has 0 saturated heterocycles. The highest BCUT2D eigenvalue weighted by Crippen LogP contribution is 2.25. The lowest BCUT2D eigenvalue weighted by atomic mass is 10.3. The first-order valence-electron chi connectivity index (χ1n) is 8.47. The predicted molar refractivity (Wildman–Crippen MR) is 111 cm³/mol. The zero-order valence-corrected chi connectivity index (χ0v) is 18.1. The van der Waals surface area contributed by atoms with Crippen molar-refractivity contribution in [3.63, 3.8) is 0 Å². The third kappa shape index (κ3) is 3.74. The molecular weight excluding hydrogens is 450 g/mol. The Morgan fingerprint density at radius 1 is 0.900 bits per heavy atom. The lowest BCUT2D eigenvalue weighted by Crippen LogP contribution is -2.15. The molecule has 10 nitrogen and oxygen atoms in total. The lowest BCUT2D eigenvalue weighted by Gasteiger charge is -2.10. The Bertz CT molecular complexity index is 1440. The predicted octanol–water partition coefficient (Wildman–Crippen LogP) is 2.90. The molecule has 0 bridgehead atoms. The number of nitrogens with zero attached hydrogens (tertiary/aromatic N) is 3. The van der Waals surface area contributed by atoms with Gasteiger partial charge in [-0.3, -0.25) is 4.72 Å². The maximum Gasteiger partial charge on any atom is 0.264 e. The van der Waals surface area contributed by atoms with Gasteiger partial charge < -0.3 is 4.52 Å². The Morgan fingerprint density at radius 2 is 1.63 bits per heavy atom. The van der Waals surface area contributed by atoms with Crippen molar-refractivity contribution >= 4 is 54.4 Å². The summed E-state index contributed by atoms with van der Waals surface area (Å²) in [5, 5.41) is 3.71. The molecule has 0 radical (unpaired) electrons. The highest BCUT2D eigenvalue weighted by molar-refractivity contribution is 7.93. The molecule has 4 rings (SSSR count). The van der Waals surface area contributed by atoms with E-state index >= 15 is 0 Å². The third-order valence-corrected chi connectivity index (χ3v) is 7.64. The minimum Gasteiger partial charge on any atom is -0.337 e. The average Bonchev–Trinajstić information content (AvgIpc) is 3.30. The molecule has 13 heteroatoms. The smallest absolute Gasteiger partial charge is 0.264 e. The van der Waals surface area contributed by atoms with Crippen LogP contribution in [0.1, 0.15) is 11.3 Å². The van der Waals surface area contributed by atoms with Gasteiger partial charge in [-0.25, -0.2) is 21.6 Å². The van der Waals surface area contributed by atoms with Crippen molar-refractivity contribution in [3.05, 3.63) is 53.7 Å². The normalized spacial score (nSPS) is 12.2. The first kappa shape index (κ1) is 20.3. The van der Waals surface area contributed by atoms with Crippen LogP contribution in [0.4, 0.5) is 11.6 Å². The van der Waals surface area contributed by atoms with Gasteiger partial charge in [0.1, 0.15) is 15.9 Å². The van der Waals surface area contributed by atoms with Gasteiger partial charge in [0.25, 0.3) is 20.0 Å². The molecule has 2 N–H and O–H groups in total.